The van der Waals surface area contributed by atoms with Crippen LogP contribution in [0.5, 0.6) is 5.75 Å². The molecule has 0 aliphatic rings. The molecule has 1 unspecified atom stereocenters. The van der Waals surface area contributed by atoms with Gasteiger partial charge >= 0.3 is 0 Å². The molecular weight excluding hydrogens is 398 g/mol. The van der Waals surface area contributed by atoms with E-state index in [1.54, 1.807) is 37.1 Å². The molecule has 0 fully saturated rings. The van der Waals surface area contributed by atoms with Crippen LogP contribution in [0.2, 0.25) is 0 Å². The Morgan fingerprint density at radius 3 is 2.52 bits per heavy atom. The van der Waals surface area contributed by atoms with Gasteiger partial charge in [-0.3, -0.25) is 14.9 Å². The fourth-order valence-corrected chi connectivity index (χ4v) is 3.32. The summed E-state index contributed by atoms with van der Waals surface area (Å²) in [7, 11) is 7.20. The zero-order valence-corrected chi connectivity index (χ0v) is 17.9. The Kier molecular flexibility index (Phi) is 6.66. The monoisotopic (exact) mass is 423 g/mol. The molecule has 0 aliphatic heterocycles. The lowest BCUT2D eigenvalue weighted by Crippen LogP contribution is -2.27. The molecule has 3 rings (SSSR count). The molecule has 3 aromatic rings. The lowest BCUT2D eigenvalue weighted by molar-refractivity contribution is -0.384. The van der Waals surface area contributed by atoms with Crippen LogP contribution in [0.1, 0.15) is 27.8 Å². The average Bonchev–Trinajstić information content (AvgIpc) is 3.19. The number of rotatable bonds is 9. The fraction of sp³-hybridized carbons (Fsp3) is 0.273. The molecule has 1 atom stereocenters. The first kappa shape index (κ1) is 22.0. The van der Waals surface area contributed by atoms with Crippen molar-refractivity contribution in [3.63, 3.8) is 0 Å². The Balaban J connectivity index is 1.83. The van der Waals surface area contributed by atoms with Gasteiger partial charge in [-0.25, -0.2) is 4.98 Å². The van der Waals surface area contributed by atoms with Crippen molar-refractivity contribution >= 4 is 17.2 Å². The van der Waals surface area contributed by atoms with Gasteiger partial charge in [0.25, 0.3) is 5.69 Å². The number of aryl methyl sites for hydroxylation is 1. The second kappa shape index (κ2) is 9.40. The molecule has 0 saturated carbocycles. The maximum Gasteiger partial charge on any atom is 0.293 e. The van der Waals surface area contributed by atoms with Gasteiger partial charge in [0.15, 0.2) is 5.82 Å². The third kappa shape index (κ3) is 4.89. The zero-order valence-electron chi connectivity index (χ0n) is 17.9. The van der Waals surface area contributed by atoms with Crippen LogP contribution >= 0.6 is 0 Å². The van der Waals surface area contributed by atoms with Crippen LogP contribution in [-0.4, -0.2) is 52.9 Å². The van der Waals surface area contributed by atoms with Crippen molar-refractivity contribution in [3.05, 3.63) is 81.9 Å². The summed E-state index contributed by atoms with van der Waals surface area (Å²) in [5, 5.41) is 14.8. The van der Waals surface area contributed by atoms with E-state index in [1.807, 2.05) is 43.3 Å². The summed E-state index contributed by atoms with van der Waals surface area (Å²) in [6, 6.07) is 12.1. The van der Waals surface area contributed by atoms with Crippen molar-refractivity contribution in [1.82, 2.24) is 14.5 Å². The van der Waals surface area contributed by atoms with Crippen molar-refractivity contribution in [3.8, 4) is 5.75 Å². The molecule has 1 heterocycles. The summed E-state index contributed by atoms with van der Waals surface area (Å²) in [5.41, 5.74) is 1.45. The molecule has 0 aliphatic carbocycles. The number of ether oxygens (including phenoxy) is 1. The van der Waals surface area contributed by atoms with E-state index in [9.17, 15) is 14.9 Å². The second-order valence-electron chi connectivity index (χ2n) is 7.31. The standard InChI is InChI=1S/C22H25N5O4/c1-25(2)20(15-5-8-17(31-4)9-6-15)14-24-18-10-7-16(13-19(18)27(29)30)21(28)22-23-11-12-26(22)3/h5-13,20,24H,14H2,1-4H3. The van der Waals surface area contributed by atoms with Crippen LogP contribution < -0.4 is 10.1 Å². The number of nitro groups is 1. The van der Waals surface area contributed by atoms with E-state index in [4.69, 9.17) is 4.74 Å². The van der Waals surface area contributed by atoms with Gasteiger partial charge in [0.05, 0.1) is 18.1 Å². The van der Waals surface area contributed by atoms with Gasteiger partial charge in [-0.2, -0.15) is 0 Å². The van der Waals surface area contributed by atoms with Crippen LogP contribution in [0.3, 0.4) is 0 Å². The molecule has 0 saturated heterocycles. The molecule has 9 heteroatoms. The highest BCUT2D eigenvalue weighted by Crippen LogP contribution is 2.28. The lowest BCUT2D eigenvalue weighted by atomic mass is 10.0. The highest BCUT2D eigenvalue weighted by molar-refractivity contribution is 6.07. The van der Waals surface area contributed by atoms with Gasteiger partial charge in [0.2, 0.25) is 5.78 Å². The minimum atomic E-state index is -0.490. The number of aromatic nitrogens is 2. The van der Waals surface area contributed by atoms with E-state index in [0.717, 1.165) is 11.3 Å². The first-order chi connectivity index (χ1) is 14.8. The van der Waals surface area contributed by atoms with Gasteiger partial charge in [0.1, 0.15) is 11.4 Å². The minimum Gasteiger partial charge on any atom is -0.497 e. The normalized spacial score (nSPS) is 11.9. The van der Waals surface area contributed by atoms with E-state index < -0.39 is 4.92 Å². The maximum atomic E-state index is 12.7. The van der Waals surface area contributed by atoms with Crippen LogP contribution in [0.4, 0.5) is 11.4 Å². The predicted molar refractivity (Wildman–Crippen MR) is 118 cm³/mol. The number of nitrogens with zero attached hydrogens (tertiary/aromatic N) is 4. The molecule has 162 valence electrons. The number of methoxy groups -OCH3 is 1. The van der Waals surface area contributed by atoms with E-state index in [0.29, 0.717) is 12.2 Å². The lowest BCUT2D eigenvalue weighted by Gasteiger charge is -2.25. The van der Waals surface area contributed by atoms with Gasteiger partial charge in [0, 0.05) is 37.6 Å². The van der Waals surface area contributed by atoms with E-state index in [2.05, 4.69) is 10.3 Å². The number of ketones is 1. The van der Waals surface area contributed by atoms with Crippen molar-refractivity contribution in [2.45, 2.75) is 6.04 Å². The summed E-state index contributed by atoms with van der Waals surface area (Å²) in [6.07, 6.45) is 3.16. The first-order valence-corrected chi connectivity index (χ1v) is 9.66. The Labute approximate surface area is 180 Å². The van der Waals surface area contributed by atoms with E-state index in [-0.39, 0.29) is 28.9 Å². The van der Waals surface area contributed by atoms with E-state index in [1.165, 1.54) is 12.3 Å². The van der Waals surface area contributed by atoms with Gasteiger partial charge in [-0.15, -0.1) is 0 Å². The van der Waals surface area contributed by atoms with Crippen molar-refractivity contribution < 1.29 is 14.5 Å². The second-order valence-corrected chi connectivity index (χ2v) is 7.31. The molecule has 0 amide bonds. The topological polar surface area (TPSA) is 103 Å². The van der Waals surface area contributed by atoms with Crippen LogP contribution in [0.25, 0.3) is 0 Å². The number of anilines is 1. The van der Waals surface area contributed by atoms with Crippen LogP contribution in [-0.2, 0) is 7.05 Å². The van der Waals surface area contributed by atoms with Gasteiger partial charge in [-0.05, 0) is 43.9 Å². The van der Waals surface area contributed by atoms with Crippen LogP contribution in [0.15, 0.2) is 54.9 Å². The maximum absolute atomic E-state index is 12.7. The number of likely N-dealkylation sites (N-methyl/N-ethyl adjacent to an activating group) is 1. The summed E-state index contributed by atoms with van der Waals surface area (Å²) in [6.45, 7) is 0.437. The SMILES string of the molecule is COc1ccc(C(CNc2ccc(C(=O)c3nccn3C)cc2[N+](=O)[O-])N(C)C)cc1. The van der Waals surface area contributed by atoms with Crippen molar-refractivity contribution in [2.75, 3.05) is 33.1 Å². The number of benzene rings is 2. The Bertz CT molecular complexity index is 1080. The average molecular weight is 423 g/mol. The van der Waals surface area contributed by atoms with E-state index >= 15 is 0 Å². The van der Waals surface area contributed by atoms with Crippen molar-refractivity contribution in [1.29, 1.82) is 0 Å². The summed E-state index contributed by atoms with van der Waals surface area (Å²) >= 11 is 0. The number of nitrogens with one attached hydrogen (secondary N) is 1. The smallest absolute Gasteiger partial charge is 0.293 e. The minimum absolute atomic E-state index is 0.0283. The Morgan fingerprint density at radius 1 is 1.26 bits per heavy atom. The molecule has 0 spiro atoms. The quantitative estimate of drug-likeness (QED) is 0.320. The summed E-state index contributed by atoms with van der Waals surface area (Å²) in [5.74, 6) is 0.617. The summed E-state index contributed by atoms with van der Waals surface area (Å²) in [4.78, 5) is 29.9. The molecule has 0 radical (unpaired) electrons. The number of hydrogen-bond acceptors (Lipinski definition) is 7. The number of hydrogen-bond donors (Lipinski definition) is 1. The summed E-state index contributed by atoms with van der Waals surface area (Å²) < 4.78 is 6.79. The molecule has 1 N–H and O–H groups in total. The number of carbonyl (C=O) groups excluding carboxylic acids is 1. The highest BCUT2D eigenvalue weighted by Gasteiger charge is 2.22. The number of carbonyl (C=O) groups is 1. The first-order valence-electron chi connectivity index (χ1n) is 9.66. The Morgan fingerprint density at radius 2 is 1.97 bits per heavy atom. The fourth-order valence-electron chi connectivity index (χ4n) is 3.32. The van der Waals surface area contributed by atoms with Gasteiger partial charge in [-0.1, -0.05) is 12.1 Å². The Hall–Kier alpha value is -3.72. The largest absolute Gasteiger partial charge is 0.497 e. The van der Waals surface area contributed by atoms with Gasteiger partial charge < -0.3 is 19.5 Å². The molecule has 0 bridgehead atoms. The molecule has 1 aromatic heterocycles. The third-order valence-corrected chi connectivity index (χ3v) is 5.09. The molecule has 2 aromatic carbocycles. The molecule has 9 nitrogen and oxygen atoms in total. The highest BCUT2D eigenvalue weighted by atomic mass is 16.6. The van der Waals surface area contributed by atoms with Crippen LogP contribution in [0, 0.1) is 10.1 Å². The predicted octanol–water partition coefficient (Wildman–Crippen LogP) is 3.28. The zero-order chi connectivity index (χ0) is 22.5. The number of nitro benzene ring substituents is 1. The molecule has 31 heavy (non-hydrogen) atoms. The molecular formula is C22H25N5O4. The van der Waals surface area contributed by atoms with Crippen molar-refractivity contribution in [2.24, 2.45) is 7.05 Å². The number of imidazole rings is 1. The third-order valence-electron chi connectivity index (χ3n) is 5.09.